The van der Waals surface area contributed by atoms with Crippen molar-refractivity contribution in [2.24, 2.45) is 0 Å². The molecule has 2 heterocycles. The molecule has 100 valence electrons. The van der Waals surface area contributed by atoms with Crippen LogP contribution < -0.4 is 11.2 Å². The predicted molar refractivity (Wildman–Crippen MR) is 64.5 cm³/mol. The first-order valence-corrected chi connectivity index (χ1v) is 6.30. The number of alkyl halides is 1. The van der Waals surface area contributed by atoms with Crippen LogP contribution in [0.25, 0.3) is 0 Å². The topological polar surface area (TPSA) is 95.3 Å². The van der Waals surface area contributed by atoms with E-state index in [0.717, 1.165) is 16.3 Å². The summed E-state index contributed by atoms with van der Waals surface area (Å²) >= 11 is 0.975. The molecule has 0 aromatic carbocycles. The highest BCUT2D eigenvalue weighted by atomic mass is 32.2. The number of H-pyrrole nitrogens is 1. The molecule has 3 N–H and O–H groups in total. The second-order valence-corrected chi connectivity index (χ2v) is 5.52. The van der Waals surface area contributed by atoms with Gasteiger partial charge in [0.05, 0.1) is 11.9 Å². The van der Waals surface area contributed by atoms with Gasteiger partial charge in [0, 0.05) is 11.8 Å². The first kappa shape index (κ1) is 13.3. The van der Waals surface area contributed by atoms with E-state index in [1.165, 1.54) is 13.1 Å². The molecule has 18 heavy (non-hydrogen) atoms. The molecular formula is C10H13FN2O4S. The van der Waals surface area contributed by atoms with E-state index in [1.807, 2.05) is 0 Å². The largest absolute Gasteiger partial charge is 0.395 e. The fourth-order valence-electron chi connectivity index (χ4n) is 1.85. The van der Waals surface area contributed by atoms with Gasteiger partial charge in [-0.15, -0.1) is 11.8 Å². The van der Waals surface area contributed by atoms with E-state index >= 15 is 0 Å². The number of nitrogens with zero attached hydrogens (tertiary/aromatic N) is 1. The average Bonchev–Trinajstić information content (AvgIpc) is 2.61. The molecule has 0 amide bonds. The molecule has 0 unspecified atom stereocenters. The number of aryl methyl sites for hydroxylation is 1. The summed E-state index contributed by atoms with van der Waals surface area (Å²) in [6, 6.07) is 0. The number of aromatic amines is 1. The SMILES string of the molecule is Cc1cn([C@@H]2S[C@@H](CO)[C@H](O)[C@H]2F)c(=O)[nH]c1=O. The predicted octanol–water partition coefficient (Wildman–Crippen LogP) is -0.850. The molecule has 0 radical (unpaired) electrons. The lowest BCUT2D eigenvalue weighted by molar-refractivity contribution is 0.0631. The van der Waals surface area contributed by atoms with Gasteiger partial charge in [-0.1, -0.05) is 0 Å². The van der Waals surface area contributed by atoms with Gasteiger partial charge in [0.2, 0.25) is 0 Å². The van der Waals surface area contributed by atoms with Crippen molar-refractivity contribution in [3.8, 4) is 0 Å². The summed E-state index contributed by atoms with van der Waals surface area (Å²) in [5.74, 6) is 0. The zero-order chi connectivity index (χ0) is 13.4. The van der Waals surface area contributed by atoms with Crippen LogP contribution in [0, 0.1) is 6.92 Å². The molecule has 1 aliphatic heterocycles. The van der Waals surface area contributed by atoms with Crippen LogP contribution in [0.15, 0.2) is 15.8 Å². The Morgan fingerprint density at radius 3 is 2.78 bits per heavy atom. The van der Waals surface area contributed by atoms with Crippen molar-refractivity contribution in [2.45, 2.75) is 29.8 Å². The van der Waals surface area contributed by atoms with E-state index in [0.29, 0.717) is 0 Å². The van der Waals surface area contributed by atoms with Gasteiger partial charge in [-0.3, -0.25) is 14.3 Å². The van der Waals surface area contributed by atoms with Crippen LogP contribution in [0.1, 0.15) is 10.9 Å². The fourth-order valence-corrected chi connectivity index (χ4v) is 3.21. The van der Waals surface area contributed by atoms with Crippen LogP contribution in [0.2, 0.25) is 0 Å². The number of aliphatic hydroxyl groups excluding tert-OH is 2. The lowest BCUT2D eigenvalue weighted by Crippen LogP contribution is -2.36. The smallest absolute Gasteiger partial charge is 0.329 e. The third kappa shape index (κ3) is 2.11. The molecule has 2 rings (SSSR count). The molecular weight excluding hydrogens is 263 g/mol. The maximum absolute atomic E-state index is 13.9. The van der Waals surface area contributed by atoms with Gasteiger partial charge in [0.15, 0.2) is 6.17 Å². The molecule has 1 aliphatic rings. The van der Waals surface area contributed by atoms with Crippen LogP contribution in [0.4, 0.5) is 4.39 Å². The van der Waals surface area contributed by atoms with Gasteiger partial charge in [-0.25, -0.2) is 9.18 Å². The summed E-state index contributed by atoms with van der Waals surface area (Å²) in [5.41, 5.74) is -0.963. The number of nitrogens with one attached hydrogen (secondary N) is 1. The van der Waals surface area contributed by atoms with Crippen LogP contribution in [-0.2, 0) is 0 Å². The van der Waals surface area contributed by atoms with Crippen LogP contribution in [-0.4, -0.2) is 43.9 Å². The Balaban J connectivity index is 2.42. The van der Waals surface area contributed by atoms with Gasteiger partial charge in [0.25, 0.3) is 5.56 Å². The molecule has 0 aliphatic carbocycles. The molecule has 4 atom stereocenters. The van der Waals surface area contributed by atoms with Gasteiger partial charge < -0.3 is 10.2 Å². The Kier molecular flexibility index (Phi) is 3.60. The van der Waals surface area contributed by atoms with Crippen molar-refractivity contribution >= 4 is 11.8 Å². The minimum Gasteiger partial charge on any atom is -0.395 e. The highest BCUT2D eigenvalue weighted by molar-refractivity contribution is 8.00. The lowest BCUT2D eigenvalue weighted by atomic mass is 10.1. The van der Waals surface area contributed by atoms with Crippen LogP contribution in [0.5, 0.6) is 0 Å². The highest BCUT2D eigenvalue weighted by Crippen LogP contribution is 2.42. The average molecular weight is 276 g/mol. The Hall–Kier alpha value is -1.12. The van der Waals surface area contributed by atoms with E-state index in [-0.39, 0.29) is 12.2 Å². The molecule has 6 nitrogen and oxygen atoms in total. The highest BCUT2D eigenvalue weighted by Gasteiger charge is 2.44. The minimum absolute atomic E-state index is 0.282. The van der Waals surface area contributed by atoms with Crippen molar-refractivity contribution in [3.63, 3.8) is 0 Å². The molecule has 0 bridgehead atoms. The number of halogens is 1. The molecule has 1 aromatic heterocycles. The van der Waals surface area contributed by atoms with Gasteiger partial charge >= 0.3 is 5.69 Å². The van der Waals surface area contributed by atoms with E-state index in [2.05, 4.69) is 4.98 Å². The maximum atomic E-state index is 13.9. The monoisotopic (exact) mass is 276 g/mol. The number of thioether (sulfide) groups is 1. The van der Waals surface area contributed by atoms with Crippen molar-refractivity contribution in [3.05, 3.63) is 32.6 Å². The van der Waals surface area contributed by atoms with Crippen molar-refractivity contribution in [1.82, 2.24) is 9.55 Å². The van der Waals surface area contributed by atoms with E-state index in [4.69, 9.17) is 5.11 Å². The lowest BCUT2D eigenvalue weighted by Gasteiger charge is -2.16. The van der Waals surface area contributed by atoms with Crippen LogP contribution in [0.3, 0.4) is 0 Å². The summed E-state index contributed by atoms with van der Waals surface area (Å²) in [6.07, 6.45) is -1.74. The Morgan fingerprint density at radius 2 is 2.22 bits per heavy atom. The van der Waals surface area contributed by atoms with Crippen LogP contribution >= 0.6 is 11.8 Å². The number of aliphatic hydroxyl groups is 2. The molecule has 0 spiro atoms. The summed E-state index contributed by atoms with van der Waals surface area (Å²) in [6.45, 7) is 1.13. The fraction of sp³-hybridized carbons (Fsp3) is 0.600. The zero-order valence-electron chi connectivity index (χ0n) is 9.54. The minimum atomic E-state index is -1.67. The van der Waals surface area contributed by atoms with Crippen molar-refractivity contribution in [2.75, 3.05) is 6.61 Å². The summed E-state index contributed by atoms with van der Waals surface area (Å²) in [7, 11) is 0. The second kappa shape index (κ2) is 4.87. The number of hydrogen-bond acceptors (Lipinski definition) is 5. The van der Waals surface area contributed by atoms with E-state index in [1.54, 1.807) is 0 Å². The van der Waals surface area contributed by atoms with E-state index < -0.39 is 34.1 Å². The summed E-state index contributed by atoms with van der Waals surface area (Å²) in [4.78, 5) is 24.9. The van der Waals surface area contributed by atoms with E-state index in [9.17, 15) is 19.1 Å². The first-order valence-electron chi connectivity index (χ1n) is 5.36. The van der Waals surface area contributed by atoms with Gasteiger partial charge in [-0.2, -0.15) is 0 Å². The standard InChI is InChI=1S/C10H13FN2O4S/c1-4-2-13(10(17)12-8(4)16)9-6(11)7(15)5(3-14)18-9/h2,5-7,9,14-15H,3H2,1H3,(H,12,16,17)/t5-,6+,7-,9+/m0/s1. The Morgan fingerprint density at radius 1 is 1.56 bits per heavy atom. The molecule has 1 aromatic rings. The van der Waals surface area contributed by atoms with Crippen molar-refractivity contribution < 1.29 is 14.6 Å². The third-order valence-corrected chi connectivity index (χ3v) is 4.44. The zero-order valence-corrected chi connectivity index (χ0v) is 10.4. The second-order valence-electron chi connectivity index (χ2n) is 4.16. The molecule has 0 saturated carbocycles. The molecule has 8 heteroatoms. The Bertz CT molecular complexity index is 558. The molecule has 1 saturated heterocycles. The van der Waals surface area contributed by atoms with Gasteiger partial charge in [-0.05, 0) is 6.92 Å². The summed E-state index contributed by atoms with van der Waals surface area (Å²) in [5, 5.41) is 16.9. The summed E-state index contributed by atoms with van der Waals surface area (Å²) < 4.78 is 14.9. The molecule has 1 fully saturated rings. The number of rotatable bonds is 2. The first-order chi connectivity index (χ1) is 8.45. The maximum Gasteiger partial charge on any atom is 0.329 e. The normalized spacial score (nSPS) is 31.8. The third-order valence-electron chi connectivity index (χ3n) is 2.89. The Labute approximate surface area is 105 Å². The number of hydrogen-bond donors (Lipinski definition) is 3. The number of aromatic nitrogens is 2. The van der Waals surface area contributed by atoms with Gasteiger partial charge in [0.1, 0.15) is 11.5 Å². The quantitative estimate of drug-likeness (QED) is 0.654. The van der Waals surface area contributed by atoms with Crippen molar-refractivity contribution in [1.29, 1.82) is 0 Å².